The van der Waals surface area contributed by atoms with Crippen molar-refractivity contribution in [2.24, 2.45) is 5.92 Å². The average Bonchev–Trinajstić information content (AvgIpc) is 2.37. The van der Waals surface area contributed by atoms with E-state index >= 15 is 0 Å². The SMILES string of the molecule is COc1ccc(Cl)c(NCC(=O)NC(C)C(C)C)c1. The first-order valence-corrected chi connectivity index (χ1v) is 6.68. The van der Waals surface area contributed by atoms with E-state index in [0.717, 1.165) is 0 Å². The maximum Gasteiger partial charge on any atom is 0.239 e. The van der Waals surface area contributed by atoms with Gasteiger partial charge in [0.25, 0.3) is 0 Å². The number of rotatable bonds is 6. The van der Waals surface area contributed by atoms with Gasteiger partial charge in [0.05, 0.1) is 24.4 Å². The normalized spacial score (nSPS) is 12.1. The lowest BCUT2D eigenvalue weighted by Crippen LogP contribution is -2.39. The van der Waals surface area contributed by atoms with Crippen LogP contribution in [0.25, 0.3) is 0 Å². The van der Waals surface area contributed by atoms with E-state index in [1.54, 1.807) is 25.3 Å². The number of carbonyl (C=O) groups is 1. The Kier molecular flexibility index (Phi) is 5.96. The van der Waals surface area contributed by atoms with Crippen LogP contribution < -0.4 is 15.4 Å². The number of hydrogen-bond acceptors (Lipinski definition) is 3. The Morgan fingerprint density at radius 2 is 2.05 bits per heavy atom. The third-order valence-corrected chi connectivity index (χ3v) is 3.33. The number of carbonyl (C=O) groups excluding carboxylic acids is 1. The fourth-order valence-corrected chi connectivity index (χ4v) is 1.60. The zero-order chi connectivity index (χ0) is 14.4. The van der Waals surface area contributed by atoms with Crippen molar-refractivity contribution in [3.8, 4) is 5.75 Å². The smallest absolute Gasteiger partial charge is 0.239 e. The van der Waals surface area contributed by atoms with Crippen molar-refractivity contribution in [3.05, 3.63) is 23.2 Å². The van der Waals surface area contributed by atoms with E-state index in [2.05, 4.69) is 24.5 Å². The molecule has 106 valence electrons. The molecule has 1 atom stereocenters. The lowest BCUT2D eigenvalue weighted by atomic mass is 10.1. The molecule has 0 saturated carbocycles. The highest BCUT2D eigenvalue weighted by Crippen LogP contribution is 2.26. The molecular weight excluding hydrogens is 264 g/mol. The minimum absolute atomic E-state index is 0.0555. The van der Waals surface area contributed by atoms with Crippen LogP contribution in [0.1, 0.15) is 20.8 Å². The van der Waals surface area contributed by atoms with Crippen LogP contribution in [-0.4, -0.2) is 25.6 Å². The average molecular weight is 285 g/mol. The first-order valence-electron chi connectivity index (χ1n) is 6.30. The Bertz CT molecular complexity index is 435. The second-order valence-corrected chi connectivity index (χ2v) is 5.21. The molecule has 19 heavy (non-hydrogen) atoms. The van der Waals surface area contributed by atoms with Crippen molar-refractivity contribution in [2.75, 3.05) is 19.0 Å². The molecule has 1 aromatic rings. The molecule has 0 fully saturated rings. The van der Waals surface area contributed by atoms with E-state index in [1.807, 2.05) is 6.92 Å². The maximum atomic E-state index is 11.7. The van der Waals surface area contributed by atoms with E-state index in [0.29, 0.717) is 22.4 Å². The molecule has 1 rings (SSSR count). The Morgan fingerprint density at radius 3 is 2.63 bits per heavy atom. The molecule has 2 N–H and O–H groups in total. The zero-order valence-electron chi connectivity index (χ0n) is 11.8. The van der Waals surface area contributed by atoms with Gasteiger partial charge in [-0.05, 0) is 25.0 Å². The minimum Gasteiger partial charge on any atom is -0.497 e. The highest BCUT2D eigenvalue weighted by Gasteiger charge is 2.11. The second-order valence-electron chi connectivity index (χ2n) is 4.80. The van der Waals surface area contributed by atoms with E-state index in [9.17, 15) is 4.79 Å². The van der Waals surface area contributed by atoms with Crippen molar-refractivity contribution in [1.29, 1.82) is 0 Å². The number of benzene rings is 1. The van der Waals surface area contributed by atoms with Crippen LogP contribution in [0, 0.1) is 5.92 Å². The van der Waals surface area contributed by atoms with Gasteiger partial charge in [0.15, 0.2) is 0 Å². The number of ether oxygens (including phenoxy) is 1. The molecule has 0 spiro atoms. The zero-order valence-corrected chi connectivity index (χ0v) is 12.5. The molecule has 0 radical (unpaired) electrons. The van der Waals surface area contributed by atoms with Gasteiger partial charge < -0.3 is 15.4 Å². The highest BCUT2D eigenvalue weighted by molar-refractivity contribution is 6.33. The summed E-state index contributed by atoms with van der Waals surface area (Å²) in [6, 6.07) is 5.42. The molecule has 0 aliphatic rings. The second kappa shape index (κ2) is 7.24. The van der Waals surface area contributed by atoms with Crippen LogP contribution in [-0.2, 0) is 4.79 Å². The van der Waals surface area contributed by atoms with E-state index < -0.39 is 0 Å². The lowest BCUT2D eigenvalue weighted by molar-refractivity contribution is -0.120. The Labute approximate surface area is 119 Å². The summed E-state index contributed by atoms with van der Waals surface area (Å²) in [5, 5.41) is 6.49. The monoisotopic (exact) mass is 284 g/mol. The van der Waals surface area contributed by atoms with E-state index in [-0.39, 0.29) is 18.5 Å². The predicted molar refractivity (Wildman–Crippen MR) is 78.9 cm³/mol. The van der Waals surface area contributed by atoms with Gasteiger partial charge >= 0.3 is 0 Å². The van der Waals surface area contributed by atoms with Crippen molar-refractivity contribution in [3.63, 3.8) is 0 Å². The van der Waals surface area contributed by atoms with Gasteiger partial charge in [-0.1, -0.05) is 25.4 Å². The molecule has 0 heterocycles. The van der Waals surface area contributed by atoms with Crippen LogP contribution in [0.15, 0.2) is 18.2 Å². The van der Waals surface area contributed by atoms with E-state index in [1.165, 1.54) is 0 Å². The molecule has 4 nitrogen and oxygen atoms in total. The van der Waals surface area contributed by atoms with E-state index in [4.69, 9.17) is 16.3 Å². The summed E-state index contributed by atoms with van der Waals surface area (Å²) in [6.07, 6.45) is 0. The van der Waals surface area contributed by atoms with Crippen LogP contribution >= 0.6 is 11.6 Å². The van der Waals surface area contributed by atoms with Gasteiger partial charge in [-0.3, -0.25) is 4.79 Å². The fourth-order valence-electron chi connectivity index (χ4n) is 1.41. The van der Waals surface area contributed by atoms with Crippen molar-refractivity contribution in [1.82, 2.24) is 5.32 Å². The summed E-state index contributed by atoms with van der Waals surface area (Å²) in [5.74, 6) is 1.05. The fraction of sp³-hybridized carbons (Fsp3) is 0.500. The van der Waals surface area contributed by atoms with Crippen LogP contribution in [0.3, 0.4) is 0 Å². The van der Waals surface area contributed by atoms with Gasteiger partial charge in [-0.15, -0.1) is 0 Å². The molecule has 0 saturated heterocycles. The molecule has 1 unspecified atom stereocenters. The van der Waals surface area contributed by atoms with Gasteiger partial charge in [0.1, 0.15) is 5.75 Å². The number of hydrogen-bond donors (Lipinski definition) is 2. The summed E-state index contributed by atoms with van der Waals surface area (Å²) in [7, 11) is 1.59. The first kappa shape index (κ1) is 15.6. The maximum absolute atomic E-state index is 11.7. The number of nitrogens with one attached hydrogen (secondary N) is 2. The number of methoxy groups -OCH3 is 1. The molecule has 0 bridgehead atoms. The third kappa shape index (κ3) is 4.99. The van der Waals surface area contributed by atoms with Crippen LogP contribution in [0.2, 0.25) is 5.02 Å². The Balaban J connectivity index is 2.54. The molecule has 1 aromatic carbocycles. The van der Waals surface area contributed by atoms with Crippen LogP contribution in [0.5, 0.6) is 5.75 Å². The molecular formula is C14H21ClN2O2. The third-order valence-electron chi connectivity index (χ3n) is 3.00. The van der Waals surface area contributed by atoms with Gasteiger partial charge in [0.2, 0.25) is 5.91 Å². The van der Waals surface area contributed by atoms with Crippen molar-refractivity contribution >= 4 is 23.2 Å². The number of amides is 1. The quantitative estimate of drug-likeness (QED) is 0.844. The van der Waals surface area contributed by atoms with Crippen LogP contribution in [0.4, 0.5) is 5.69 Å². The molecule has 1 amide bonds. The largest absolute Gasteiger partial charge is 0.497 e. The number of halogens is 1. The standard InChI is InChI=1S/C14H21ClN2O2/c1-9(2)10(3)17-14(18)8-16-13-7-11(19-4)5-6-12(13)15/h5-7,9-10,16H,8H2,1-4H3,(H,17,18). The molecule has 5 heteroatoms. The summed E-state index contributed by atoms with van der Waals surface area (Å²) in [5.41, 5.74) is 0.688. The van der Waals surface area contributed by atoms with Gasteiger partial charge in [-0.25, -0.2) is 0 Å². The minimum atomic E-state index is -0.0555. The highest BCUT2D eigenvalue weighted by atomic mass is 35.5. The molecule has 0 aliphatic heterocycles. The predicted octanol–water partition coefficient (Wildman–Crippen LogP) is 2.92. The van der Waals surface area contributed by atoms with Gasteiger partial charge in [-0.2, -0.15) is 0 Å². The summed E-state index contributed by atoms with van der Waals surface area (Å²) >= 11 is 6.04. The van der Waals surface area contributed by atoms with Gasteiger partial charge in [0, 0.05) is 12.1 Å². The topological polar surface area (TPSA) is 50.4 Å². The molecule has 0 aromatic heterocycles. The summed E-state index contributed by atoms with van der Waals surface area (Å²) in [4.78, 5) is 11.7. The Hall–Kier alpha value is -1.42. The lowest BCUT2D eigenvalue weighted by Gasteiger charge is -2.18. The van der Waals surface area contributed by atoms with Crippen molar-refractivity contribution < 1.29 is 9.53 Å². The van der Waals surface area contributed by atoms with Crippen molar-refractivity contribution in [2.45, 2.75) is 26.8 Å². The summed E-state index contributed by atoms with van der Waals surface area (Å²) < 4.78 is 5.11. The molecule has 0 aliphatic carbocycles. The Morgan fingerprint density at radius 1 is 1.37 bits per heavy atom. The first-order chi connectivity index (χ1) is 8.93. The number of anilines is 1. The summed E-state index contributed by atoms with van der Waals surface area (Å²) in [6.45, 7) is 6.31.